The van der Waals surface area contributed by atoms with Crippen LogP contribution in [0.15, 0.2) is 36.3 Å². The molecular weight excluding hydrogens is 322 g/mol. The second-order valence-corrected chi connectivity index (χ2v) is 6.61. The monoisotopic (exact) mass is 335 g/mol. The summed E-state index contributed by atoms with van der Waals surface area (Å²) in [6.45, 7) is 1.76. The van der Waals surface area contributed by atoms with Gasteiger partial charge in [0, 0.05) is 23.8 Å². The van der Waals surface area contributed by atoms with Gasteiger partial charge in [-0.2, -0.15) is 0 Å². The number of β-lactam (4-membered cyclic amide) rings is 1. The van der Waals surface area contributed by atoms with Crippen molar-refractivity contribution in [1.29, 1.82) is 0 Å². The summed E-state index contributed by atoms with van der Waals surface area (Å²) in [7, 11) is 0. The molecule has 0 unspecified atom stereocenters. The molecule has 0 radical (unpaired) electrons. The van der Waals surface area contributed by atoms with Crippen molar-refractivity contribution in [2.24, 2.45) is 0 Å². The van der Waals surface area contributed by atoms with Crippen molar-refractivity contribution < 1.29 is 14.7 Å². The predicted octanol–water partition coefficient (Wildman–Crippen LogP) is 1.49. The Morgan fingerprint density at radius 3 is 2.77 bits per heavy atom. The van der Waals surface area contributed by atoms with E-state index in [2.05, 4.69) is 4.98 Å². The molecule has 2 atom stereocenters. The third-order valence-electron chi connectivity index (χ3n) is 3.60. The molecule has 114 valence electrons. The Hall–Kier alpha value is -1.93. The van der Waals surface area contributed by atoms with Crippen molar-refractivity contribution in [1.82, 2.24) is 9.88 Å². The third-order valence-corrected chi connectivity index (χ3v) is 4.96. The minimum Gasteiger partial charge on any atom is -0.477 e. The number of amides is 1. The van der Waals surface area contributed by atoms with E-state index in [1.54, 1.807) is 42.4 Å². The molecule has 8 heteroatoms. The normalized spacial score (nSPS) is 23.2. The number of rotatable bonds is 3. The van der Waals surface area contributed by atoms with Crippen LogP contribution in [0.4, 0.5) is 5.69 Å². The highest BCUT2D eigenvalue weighted by atomic mass is 32.2. The molecule has 6 nitrogen and oxygen atoms in total. The molecule has 0 aliphatic carbocycles. The molecule has 0 spiro atoms. The molecule has 1 fully saturated rings. The van der Waals surface area contributed by atoms with Crippen molar-refractivity contribution in [2.45, 2.75) is 18.3 Å². The zero-order chi connectivity index (χ0) is 15.9. The summed E-state index contributed by atoms with van der Waals surface area (Å²) in [5, 5.41) is 8.97. The third kappa shape index (κ3) is 2.28. The lowest BCUT2D eigenvalue weighted by atomic mass is 10.0. The predicted molar refractivity (Wildman–Crippen MR) is 87.6 cm³/mol. The van der Waals surface area contributed by atoms with E-state index in [0.29, 0.717) is 10.7 Å². The second-order valence-electron chi connectivity index (χ2n) is 4.87. The number of nitrogens with zero attached hydrogens (tertiary/aromatic N) is 3. The molecule has 0 saturated carbocycles. The van der Waals surface area contributed by atoms with Crippen LogP contribution in [0, 0.1) is 0 Å². The van der Waals surface area contributed by atoms with Crippen molar-refractivity contribution in [2.75, 3.05) is 10.7 Å². The van der Waals surface area contributed by atoms with Crippen LogP contribution in [-0.2, 0) is 9.59 Å². The van der Waals surface area contributed by atoms with Gasteiger partial charge in [-0.3, -0.25) is 14.7 Å². The number of aromatic nitrogens is 1. The van der Waals surface area contributed by atoms with Gasteiger partial charge in [0.05, 0.1) is 4.99 Å². The summed E-state index contributed by atoms with van der Waals surface area (Å²) in [6.07, 6.45) is 4.84. The minimum absolute atomic E-state index is 0.0571. The lowest BCUT2D eigenvalue weighted by Crippen LogP contribution is -2.71. The van der Waals surface area contributed by atoms with Gasteiger partial charge in [-0.1, -0.05) is 12.2 Å². The molecule has 22 heavy (non-hydrogen) atoms. The summed E-state index contributed by atoms with van der Waals surface area (Å²) in [4.78, 5) is 31.4. The second kappa shape index (κ2) is 5.69. The molecule has 1 amide bonds. The first kappa shape index (κ1) is 15.0. The van der Waals surface area contributed by atoms with Gasteiger partial charge in [0.1, 0.15) is 17.1 Å². The van der Waals surface area contributed by atoms with E-state index in [-0.39, 0.29) is 17.0 Å². The minimum atomic E-state index is -1.08. The molecule has 2 aliphatic rings. The van der Waals surface area contributed by atoms with Crippen molar-refractivity contribution in [3.63, 3.8) is 0 Å². The Balaban J connectivity index is 1.93. The Bertz CT molecular complexity index is 677. The summed E-state index contributed by atoms with van der Waals surface area (Å²) in [5.41, 5.74) is 0.842. The summed E-state index contributed by atoms with van der Waals surface area (Å²) >= 11 is 6.83. The highest BCUT2D eigenvalue weighted by Gasteiger charge is 2.55. The first-order valence-corrected chi connectivity index (χ1v) is 8.06. The fraction of sp³-hybridized carbons (Fsp3) is 0.286. The van der Waals surface area contributed by atoms with Gasteiger partial charge in [0.2, 0.25) is 0 Å². The quantitative estimate of drug-likeness (QED) is 0.662. The molecule has 1 aromatic rings. The average molecular weight is 335 g/mol. The number of carbonyl (C=O) groups excluding carboxylic acids is 1. The summed E-state index contributed by atoms with van der Waals surface area (Å²) in [5.74, 6) is -0.758. The van der Waals surface area contributed by atoms with Crippen LogP contribution >= 0.6 is 24.0 Å². The number of thioether (sulfide) groups is 1. The highest BCUT2D eigenvalue weighted by Crippen LogP contribution is 2.41. The molecule has 1 saturated heterocycles. The Labute approximate surface area is 136 Å². The van der Waals surface area contributed by atoms with E-state index in [9.17, 15) is 14.7 Å². The van der Waals surface area contributed by atoms with Crippen LogP contribution in [0.5, 0.6) is 0 Å². The maximum Gasteiger partial charge on any atom is 0.352 e. The molecule has 1 N–H and O–H groups in total. The lowest BCUT2D eigenvalue weighted by Gasteiger charge is -2.52. The zero-order valence-electron chi connectivity index (χ0n) is 11.7. The van der Waals surface area contributed by atoms with Crippen LogP contribution in [-0.4, -0.2) is 49.0 Å². The van der Waals surface area contributed by atoms with Gasteiger partial charge in [0.15, 0.2) is 0 Å². The van der Waals surface area contributed by atoms with Crippen molar-refractivity contribution in [3.05, 3.63) is 36.3 Å². The number of aliphatic carboxylic acids is 1. The molecule has 3 heterocycles. The van der Waals surface area contributed by atoms with Gasteiger partial charge in [-0.05, 0) is 25.1 Å². The number of anilines is 1. The van der Waals surface area contributed by atoms with E-state index >= 15 is 0 Å². The van der Waals surface area contributed by atoms with Crippen LogP contribution in [0.2, 0.25) is 0 Å². The zero-order valence-corrected chi connectivity index (χ0v) is 13.3. The van der Waals surface area contributed by atoms with E-state index in [4.69, 9.17) is 12.2 Å². The number of carboxylic acids is 1. The van der Waals surface area contributed by atoms with Crippen molar-refractivity contribution in [3.8, 4) is 0 Å². The molecule has 0 aromatic carbocycles. The van der Waals surface area contributed by atoms with Crippen molar-refractivity contribution >= 4 is 46.5 Å². The Morgan fingerprint density at radius 1 is 1.50 bits per heavy atom. The number of pyridine rings is 1. The smallest absolute Gasteiger partial charge is 0.352 e. The Kier molecular flexibility index (Phi) is 3.88. The van der Waals surface area contributed by atoms with E-state index in [0.717, 1.165) is 5.69 Å². The topological polar surface area (TPSA) is 73.7 Å². The fourth-order valence-corrected chi connectivity index (χ4v) is 4.12. The van der Waals surface area contributed by atoms with E-state index < -0.39 is 12.0 Å². The largest absolute Gasteiger partial charge is 0.477 e. The highest BCUT2D eigenvalue weighted by molar-refractivity contribution is 8.00. The number of carboxylic acid groups (broad SMARTS) is 1. The Morgan fingerprint density at radius 2 is 2.18 bits per heavy atom. The summed E-state index contributed by atoms with van der Waals surface area (Å²) < 4.78 is 0. The molecule has 1 aromatic heterocycles. The SMILES string of the molecule is CC(=S)N(c1ccncc1)[C@@H]1C(=O)N2C(C(=O)O)=CCS[C@H]12. The lowest BCUT2D eigenvalue weighted by molar-refractivity contribution is -0.147. The van der Waals surface area contributed by atoms with Crippen LogP contribution in [0.1, 0.15) is 6.92 Å². The number of hydrogen-bond acceptors (Lipinski definition) is 5. The number of thiocarbonyl (C=S) groups is 1. The molecule has 0 bridgehead atoms. The van der Waals surface area contributed by atoms with Gasteiger partial charge >= 0.3 is 5.97 Å². The first-order chi connectivity index (χ1) is 10.5. The average Bonchev–Trinajstić information content (AvgIpc) is 2.51. The van der Waals surface area contributed by atoms with E-state index in [1.807, 2.05) is 0 Å². The summed E-state index contributed by atoms with van der Waals surface area (Å²) in [6, 6.07) is 3.09. The molecular formula is C14H13N3O3S2. The standard InChI is InChI=1S/C14H13N3O3S2/c1-8(21)16(9-2-5-15-6-3-9)11-12(18)17-10(14(19)20)4-7-22-13(11)17/h2-6,11,13H,7H2,1H3,(H,19,20)/t11-,13-/m1/s1. The van der Waals surface area contributed by atoms with Gasteiger partial charge in [0.25, 0.3) is 5.91 Å². The number of carbonyl (C=O) groups is 2. The number of fused-ring (bicyclic) bond motifs is 1. The van der Waals surface area contributed by atoms with Crippen LogP contribution < -0.4 is 4.90 Å². The van der Waals surface area contributed by atoms with E-state index in [1.165, 1.54) is 16.7 Å². The first-order valence-electron chi connectivity index (χ1n) is 6.60. The maximum absolute atomic E-state index is 12.5. The number of hydrogen-bond donors (Lipinski definition) is 1. The maximum atomic E-state index is 12.5. The fourth-order valence-electron chi connectivity index (χ4n) is 2.67. The van der Waals surface area contributed by atoms with Gasteiger partial charge in [-0.15, -0.1) is 11.8 Å². The molecule has 2 aliphatic heterocycles. The van der Waals surface area contributed by atoms with Crippen LogP contribution in [0.25, 0.3) is 0 Å². The van der Waals surface area contributed by atoms with Crippen LogP contribution in [0.3, 0.4) is 0 Å². The van der Waals surface area contributed by atoms with Gasteiger partial charge < -0.3 is 10.0 Å². The van der Waals surface area contributed by atoms with Gasteiger partial charge in [-0.25, -0.2) is 4.79 Å². The molecule has 3 rings (SSSR count).